The Hall–Kier alpha value is -7.24. The van der Waals surface area contributed by atoms with E-state index in [0.717, 1.165) is 11.4 Å². The molecule has 5 heterocycles. The molecule has 2 aliphatic rings. The second-order valence-corrected chi connectivity index (χ2v) is 14.9. The molecule has 0 bridgehead atoms. The fourth-order valence-corrected chi connectivity index (χ4v) is 10.1. The van der Waals surface area contributed by atoms with Gasteiger partial charge in [-0.3, -0.25) is 9.47 Å². The van der Waals surface area contributed by atoms with E-state index in [4.69, 9.17) is 0 Å². The van der Waals surface area contributed by atoms with Crippen molar-refractivity contribution in [3.63, 3.8) is 0 Å². The summed E-state index contributed by atoms with van der Waals surface area (Å²) >= 11 is 0. The van der Waals surface area contributed by atoms with E-state index in [9.17, 15) is 0 Å². The first-order chi connectivity index (χ1) is 27.3. The van der Waals surface area contributed by atoms with Crippen LogP contribution in [0.5, 0.6) is 0 Å². The highest BCUT2D eigenvalue weighted by Crippen LogP contribution is 2.48. The number of rotatable bonds is 3. The summed E-state index contributed by atoms with van der Waals surface area (Å²) in [6.07, 6.45) is 0. The molecule has 0 aliphatic carbocycles. The minimum atomic E-state index is -0.0640. The van der Waals surface area contributed by atoms with Gasteiger partial charge in [0.25, 0.3) is 0 Å². The normalized spacial score (nSPS) is 13.0. The highest BCUT2D eigenvalue weighted by atomic mass is 15.3. The summed E-state index contributed by atoms with van der Waals surface area (Å²) in [4.78, 5) is 2.51. The maximum Gasteiger partial charge on any atom is 0.335 e. The Morgan fingerprint density at radius 3 is 1.64 bits per heavy atom. The molecule has 0 N–H and O–H groups in total. The van der Waals surface area contributed by atoms with Gasteiger partial charge in [0.05, 0.1) is 16.6 Å². The van der Waals surface area contributed by atoms with Gasteiger partial charge in [-0.2, -0.15) is 0 Å². The summed E-state index contributed by atoms with van der Waals surface area (Å²) in [5.74, 6) is 1.18. The summed E-state index contributed by atoms with van der Waals surface area (Å²) < 4.78 is 7.62. The maximum atomic E-state index is 2.70. The highest BCUT2D eigenvalue weighted by molar-refractivity contribution is 6.91. The SMILES string of the molecule is c1ccc(N2c3cccc4c3B(c3c2n(-c2ccccc2)c2ccccc32)n2c3cc5c6ccccc6n(-c6ccccc6)c5cc3c3cccc-4c32)cc1. The van der Waals surface area contributed by atoms with Crippen molar-refractivity contribution in [3.8, 4) is 22.5 Å². The van der Waals surface area contributed by atoms with Crippen LogP contribution in [0.25, 0.3) is 77.0 Å². The van der Waals surface area contributed by atoms with E-state index in [0.29, 0.717) is 0 Å². The van der Waals surface area contributed by atoms with Crippen molar-refractivity contribution in [3.05, 3.63) is 188 Å². The molecule has 5 heteroatoms. The molecule has 11 aromatic rings. The topological polar surface area (TPSA) is 18.0 Å². The lowest BCUT2D eigenvalue weighted by Crippen LogP contribution is -2.56. The monoisotopic (exact) mass is 698 g/mol. The first-order valence-electron chi connectivity index (χ1n) is 19.1. The minimum Gasteiger partial charge on any atom is -0.375 e. The van der Waals surface area contributed by atoms with Crippen molar-refractivity contribution in [2.75, 3.05) is 4.90 Å². The number of fused-ring (bicyclic) bond motifs is 12. The molecule has 4 nitrogen and oxygen atoms in total. The number of aromatic nitrogens is 3. The number of nitrogens with zero attached hydrogens (tertiary/aromatic N) is 4. The quantitative estimate of drug-likeness (QED) is 0.168. The molecule has 55 heavy (non-hydrogen) atoms. The molecular weight excluding hydrogens is 667 g/mol. The van der Waals surface area contributed by atoms with Gasteiger partial charge < -0.3 is 9.05 Å². The van der Waals surface area contributed by atoms with Crippen LogP contribution in [0.1, 0.15) is 0 Å². The zero-order valence-electron chi connectivity index (χ0n) is 29.8. The molecule has 3 aromatic heterocycles. The second kappa shape index (κ2) is 10.7. The summed E-state index contributed by atoms with van der Waals surface area (Å²) in [5.41, 5.74) is 16.1. The highest BCUT2D eigenvalue weighted by Gasteiger charge is 2.45. The molecule has 0 amide bonds. The molecule has 0 saturated heterocycles. The summed E-state index contributed by atoms with van der Waals surface area (Å²) in [6.45, 7) is -0.0640. The van der Waals surface area contributed by atoms with Gasteiger partial charge in [-0.25, -0.2) is 0 Å². The van der Waals surface area contributed by atoms with Crippen LogP contribution in [0.3, 0.4) is 0 Å². The fraction of sp³-hybridized carbons (Fsp3) is 0. The fourth-order valence-electron chi connectivity index (χ4n) is 10.1. The average Bonchev–Trinajstić information content (AvgIpc) is 3.88. The zero-order chi connectivity index (χ0) is 35.8. The van der Waals surface area contributed by atoms with E-state index in [1.807, 2.05) is 0 Å². The van der Waals surface area contributed by atoms with Gasteiger partial charge in [0, 0.05) is 66.4 Å². The molecule has 13 rings (SSSR count). The van der Waals surface area contributed by atoms with Crippen LogP contribution in [0.4, 0.5) is 17.2 Å². The largest absolute Gasteiger partial charge is 0.375 e. The molecule has 8 aromatic carbocycles. The number of benzene rings is 8. The Bertz CT molecular complexity index is 3370. The molecule has 0 atom stereocenters. The van der Waals surface area contributed by atoms with E-state index >= 15 is 0 Å². The molecule has 0 fully saturated rings. The van der Waals surface area contributed by atoms with Crippen molar-refractivity contribution < 1.29 is 0 Å². The lowest BCUT2D eigenvalue weighted by atomic mass is 9.45. The first-order valence-corrected chi connectivity index (χ1v) is 19.1. The molecule has 0 unspecified atom stereocenters. The van der Waals surface area contributed by atoms with Gasteiger partial charge in [0.2, 0.25) is 0 Å². The van der Waals surface area contributed by atoms with Gasteiger partial charge in [-0.15, -0.1) is 0 Å². The Kier molecular flexibility index (Phi) is 5.68. The molecule has 0 radical (unpaired) electrons. The summed E-state index contributed by atoms with van der Waals surface area (Å²) in [5, 5.41) is 6.36. The molecular formula is C50H31BN4. The standard InChI is InChI=1S/C50H31BN4/c1-4-16-32(17-5-1)52-42-27-12-10-22-35(42)40-31-46-41(30-45(40)52)38-26-14-25-37-36-24-15-29-44-47(36)51(55(46)49(37)38)48-39-23-11-13-28-43(39)53(33-18-6-2-7-19-33)50(48)54(44)34-20-8-3-9-21-34/h1-31H. The number of hydrogen-bond acceptors (Lipinski definition) is 1. The molecule has 254 valence electrons. The van der Waals surface area contributed by atoms with Crippen LogP contribution in [-0.4, -0.2) is 20.5 Å². The van der Waals surface area contributed by atoms with Crippen molar-refractivity contribution in [1.29, 1.82) is 0 Å². The van der Waals surface area contributed by atoms with Crippen molar-refractivity contribution in [2.45, 2.75) is 0 Å². The third kappa shape index (κ3) is 3.72. The molecule has 2 aliphatic heterocycles. The average molecular weight is 699 g/mol. The van der Waals surface area contributed by atoms with Crippen molar-refractivity contribution in [1.82, 2.24) is 13.6 Å². The Morgan fingerprint density at radius 2 is 0.891 bits per heavy atom. The van der Waals surface area contributed by atoms with E-state index in [2.05, 4.69) is 207 Å². The van der Waals surface area contributed by atoms with Gasteiger partial charge in [0.15, 0.2) is 0 Å². The maximum absolute atomic E-state index is 2.70. The van der Waals surface area contributed by atoms with Gasteiger partial charge in [0.1, 0.15) is 5.82 Å². The third-order valence-corrected chi connectivity index (χ3v) is 12.2. The van der Waals surface area contributed by atoms with Crippen LogP contribution in [0.15, 0.2) is 188 Å². The Morgan fingerprint density at radius 1 is 0.345 bits per heavy atom. The first kappa shape index (κ1) is 29.2. The number of para-hydroxylation sites is 6. The van der Waals surface area contributed by atoms with Crippen molar-refractivity contribution in [2.24, 2.45) is 0 Å². The molecule has 0 spiro atoms. The van der Waals surface area contributed by atoms with Crippen LogP contribution < -0.4 is 15.8 Å². The van der Waals surface area contributed by atoms with Crippen molar-refractivity contribution >= 4 is 89.5 Å². The smallest absolute Gasteiger partial charge is 0.335 e. The van der Waals surface area contributed by atoms with Crippen LogP contribution >= 0.6 is 0 Å². The van der Waals surface area contributed by atoms with Crippen LogP contribution in [0.2, 0.25) is 0 Å². The predicted octanol–water partition coefficient (Wildman–Crippen LogP) is 11.3. The van der Waals surface area contributed by atoms with Gasteiger partial charge in [-0.1, -0.05) is 121 Å². The minimum absolute atomic E-state index is 0.0640. The number of anilines is 3. The van der Waals surface area contributed by atoms with Gasteiger partial charge >= 0.3 is 6.85 Å². The Balaban J connectivity index is 1.23. The van der Waals surface area contributed by atoms with Gasteiger partial charge in [-0.05, 0) is 83.1 Å². The third-order valence-electron chi connectivity index (χ3n) is 12.2. The lowest BCUT2D eigenvalue weighted by Gasteiger charge is -2.39. The second-order valence-electron chi connectivity index (χ2n) is 14.9. The van der Waals surface area contributed by atoms with Crippen LogP contribution in [0, 0.1) is 0 Å². The molecule has 0 saturated carbocycles. The zero-order valence-corrected chi connectivity index (χ0v) is 29.8. The van der Waals surface area contributed by atoms with Crippen LogP contribution in [-0.2, 0) is 0 Å². The lowest BCUT2D eigenvalue weighted by molar-refractivity contribution is 1.07. The van der Waals surface area contributed by atoms with E-state index in [1.54, 1.807) is 0 Å². The van der Waals surface area contributed by atoms with E-state index in [1.165, 1.54) is 93.8 Å². The summed E-state index contributed by atoms with van der Waals surface area (Å²) in [6, 6.07) is 69.3. The van der Waals surface area contributed by atoms with E-state index < -0.39 is 0 Å². The predicted molar refractivity (Wildman–Crippen MR) is 231 cm³/mol. The van der Waals surface area contributed by atoms with E-state index in [-0.39, 0.29) is 6.85 Å². The Labute approximate surface area is 317 Å². The summed E-state index contributed by atoms with van der Waals surface area (Å²) in [7, 11) is 0. The number of hydrogen-bond donors (Lipinski definition) is 0.